The van der Waals surface area contributed by atoms with E-state index in [4.69, 9.17) is 10.8 Å². The molecule has 0 aromatic heterocycles. The minimum absolute atomic E-state index is 0.0987. The van der Waals surface area contributed by atoms with Gasteiger partial charge in [0.1, 0.15) is 5.75 Å². The second-order valence-electron chi connectivity index (χ2n) is 4.83. The van der Waals surface area contributed by atoms with Gasteiger partial charge in [0.2, 0.25) is 5.91 Å². The molecular formula is C13H17F3N2O2. The maximum atomic E-state index is 12.2. The van der Waals surface area contributed by atoms with Gasteiger partial charge in [-0.1, -0.05) is 12.1 Å². The van der Waals surface area contributed by atoms with E-state index in [1.807, 2.05) is 0 Å². The number of carbonyl (C=O) groups excluding carboxylic acids is 1. The molecule has 1 aromatic carbocycles. The van der Waals surface area contributed by atoms with Crippen LogP contribution in [0.1, 0.15) is 18.9 Å². The van der Waals surface area contributed by atoms with Gasteiger partial charge in [-0.15, -0.1) is 0 Å². The smallest absolute Gasteiger partial charge is 0.401 e. The molecule has 0 radical (unpaired) electrons. The number of hydrogen-bond acceptors (Lipinski definition) is 3. The Labute approximate surface area is 114 Å². The Kier molecular flexibility index (Phi) is 4.99. The van der Waals surface area contributed by atoms with Crippen LogP contribution < -0.4 is 11.1 Å². The standard InChI is InChI=1S/C13H17F3N2O2/c1-12(11(17)20,18-8-13(14,15)16)7-6-9-2-4-10(19)5-3-9/h2-5,18-19H,6-8H2,1H3,(H2,17,20). The zero-order valence-electron chi connectivity index (χ0n) is 11.0. The number of nitrogens with two attached hydrogens (primary N) is 1. The molecule has 0 aliphatic rings. The lowest BCUT2D eigenvalue weighted by Gasteiger charge is -2.28. The molecule has 0 bridgehead atoms. The third-order valence-corrected chi connectivity index (χ3v) is 3.07. The van der Waals surface area contributed by atoms with Crippen molar-refractivity contribution in [2.75, 3.05) is 6.54 Å². The summed E-state index contributed by atoms with van der Waals surface area (Å²) in [6, 6.07) is 6.22. The average Bonchev–Trinajstić information content (AvgIpc) is 2.34. The van der Waals surface area contributed by atoms with Gasteiger partial charge in [-0.05, 0) is 37.5 Å². The number of primary amides is 1. The number of aromatic hydroxyl groups is 1. The van der Waals surface area contributed by atoms with E-state index in [1.165, 1.54) is 19.1 Å². The van der Waals surface area contributed by atoms with E-state index in [1.54, 1.807) is 12.1 Å². The molecule has 1 amide bonds. The van der Waals surface area contributed by atoms with Crippen LogP contribution in [-0.2, 0) is 11.2 Å². The van der Waals surface area contributed by atoms with Crippen LogP contribution in [0.3, 0.4) is 0 Å². The van der Waals surface area contributed by atoms with E-state index in [9.17, 15) is 18.0 Å². The molecule has 0 saturated heterocycles. The molecule has 0 aliphatic carbocycles. The summed E-state index contributed by atoms with van der Waals surface area (Å²) in [6.45, 7) is 0.0729. The minimum Gasteiger partial charge on any atom is -0.508 e. The zero-order valence-corrected chi connectivity index (χ0v) is 11.0. The summed E-state index contributed by atoms with van der Waals surface area (Å²) in [7, 11) is 0. The highest BCUT2D eigenvalue weighted by molar-refractivity contribution is 5.84. The van der Waals surface area contributed by atoms with Crippen LogP contribution in [0.2, 0.25) is 0 Å². The van der Waals surface area contributed by atoms with Gasteiger partial charge in [-0.25, -0.2) is 0 Å². The fourth-order valence-corrected chi connectivity index (χ4v) is 1.65. The normalized spacial score (nSPS) is 14.8. The molecule has 7 heteroatoms. The number of phenolic OH excluding ortho intramolecular Hbond substituents is 1. The number of benzene rings is 1. The molecule has 20 heavy (non-hydrogen) atoms. The third kappa shape index (κ3) is 5.08. The van der Waals surface area contributed by atoms with E-state index in [-0.39, 0.29) is 12.2 Å². The number of halogens is 3. The predicted octanol–water partition coefficient (Wildman–Crippen LogP) is 1.72. The van der Waals surface area contributed by atoms with Gasteiger partial charge in [0.25, 0.3) is 0 Å². The summed E-state index contributed by atoms with van der Waals surface area (Å²) in [6.07, 6.45) is -3.91. The van der Waals surface area contributed by atoms with Gasteiger partial charge in [-0.3, -0.25) is 10.1 Å². The van der Waals surface area contributed by atoms with Crippen LogP contribution in [0.15, 0.2) is 24.3 Å². The lowest BCUT2D eigenvalue weighted by Crippen LogP contribution is -2.55. The predicted molar refractivity (Wildman–Crippen MR) is 68.1 cm³/mol. The number of hydrogen-bond donors (Lipinski definition) is 3. The van der Waals surface area contributed by atoms with Gasteiger partial charge >= 0.3 is 6.18 Å². The molecule has 0 fully saturated rings. The molecule has 0 heterocycles. The highest BCUT2D eigenvalue weighted by Crippen LogP contribution is 2.19. The van der Waals surface area contributed by atoms with Crippen molar-refractivity contribution >= 4 is 5.91 Å². The quantitative estimate of drug-likeness (QED) is 0.746. The lowest BCUT2D eigenvalue weighted by molar-refractivity contribution is -0.135. The summed E-state index contributed by atoms with van der Waals surface area (Å²) >= 11 is 0. The summed E-state index contributed by atoms with van der Waals surface area (Å²) in [5.41, 5.74) is 4.54. The van der Waals surface area contributed by atoms with Crippen LogP contribution in [0.4, 0.5) is 13.2 Å². The van der Waals surface area contributed by atoms with Gasteiger partial charge < -0.3 is 10.8 Å². The molecule has 0 saturated carbocycles. The van der Waals surface area contributed by atoms with Crippen molar-refractivity contribution in [3.05, 3.63) is 29.8 Å². The highest BCUT2D eigenvalue weighted by Gasteiger charge is 2.36. The number of amides is 1. The molecule has 4 nitrogen and oxygen atoms in total. The molecular weight excluding hydrogens is 273 g/mol. The maximum Gasteiger partial charge on any atom is 0.401 e. The first-order valence-corrected chi connectivity index (χ1v) is 6.02. The molecule has 1 aromatic rings. The number of aryl methyl sites for hydroxylation is 1. The van der Waals surface area contributed by atoms with Gasteiger partial charge in [0.05, 0.1) is 12.1 Å². The van der Waals surface area contributed by atoms with Crippen molar-refractivity contribution < 1.29 is 23.1 Å². The van der Waals surface area contributed by atoms with Crippen LogP contribution in [0.5, 0.6) is 5.75 Å². The van der Waals surface area contributed by atoms with Crippen LogP contribution in [0.25, 0.3) is 0 Å². The van der Waals surface area contributed by atoms with E-state index in [0.29, 0.717) is 6.42 Å². The van der Waals surface area contributed by atoms with E-state index >= 15 is 0 Å². The average molecular weight is 290 g/mol. The first-order chi connectivity index (χ1) is 9.12. The largest absolute Gasteiger partial charge is 0.508 e. The van der Waals surface area contributed by atoms with Gasteiger partial charge in [0.15, 0.2) is 0 Å². The second-order valence-corrected chi connectivity index (χ2v) is 4.83. The topological polar surface area (TPSA) is 75.3 Å². The number of alkyl halides is 3. The Balaban J connectivity index is 2.67. The monoisotopic (exact) mass is 290 g/mol. The highest BCUT2D eigenvalue weighted by atomic mass is 19.4. The molecule has 0 aliphatic heterocycles. The van der Waals surface area contributed by atoms with Crippen LogP contribution >= 0.6 is 0 Å². The van der Waals surface area contributed by atoms with Gasteiger partial charge in [-0.2, -0.15) is 13.2 Å². The number of rotatable bonds is 6. The first-order valence-electron chi connectivity index (χ1n) is 6.02. The van der Waals surface area contributed by atoms with E-state index in [2.05, 4.69) is 5.32 Å². The van der Waals surface area contributed by atoms with E-state index < -0.39 is 24.2 Å². The van der Waals surface area contributed by atoms with Crippen molar-refractivity contribution in [2.24, 2.45) is 5.73 Å². The van der Waals surface area contributed by atoms with Crippen molar-refractivity contribution in [1.29, 1.82) is 0 Å². The molecule has 1 rings (SSSR count). The van der Waals surface area contributed by atoms with Crippen molar-refractivity contribution in [3.8, 4) is 5.75 Å². The number of phenols is 1. The lowest BCUT2D eigenvalue weighted by atomic mass is 9.92. The Morgan fingerprint density at radius 2 is 1.85 bits per heavy atom. The zero-order chi connectivity index (χ0) is 15.4. The molecule has 112 valence electrons. The van der Waals surface area contributed by atoms with E-state index in [0.717, 1.165) is 5.56 Å². The second kappa shape index (κ2) is 6.13. The SMILES string of the molecule is CC(CCc1ccc(O)cc1)(NCC(F)(F)F)C(N)=O. The number of carbonyl (C=O) groups is 1. The maximum absolute atomic E-state index is 12.2. The number of nitrogens with one attached hydrogen (secondary N) is 1. The first kappa shape index (κ1) is 16.3. The van der Waals surface area contributed by atoms with Crippen molar-refractivity contribution in [2.45, 2.75) is 31.5 Å². The Bertz CT molecular complexity index is 460. The van der Waals surface area contributed by atoms with Crippen molar-refractivity contribution in [1.82, 2.24) is 5.32 Å². The molecule has 0 spiro atoms. The van der Waals surface area contributed by atoms with Gasteiger partial charge in [0, 0.05) is 0 Å². The summed E-state index contributed by atoms with van der Waals surface area (Å²) in [5.74, 6) is -0.734. The van der Waals surface area contributed by atoms with Crippen LogP contribution in [0, 0.1) is 0 Å². The fourth-order valence-electron chi connectivity index (χ4n) is 1.65. The molecule has 1 unspecified atom stereocenters. The summed E-state index contributed by atoms with van der Waals surface area (Å²) < 4.78 is 36.6. The fraction of sp³-hybridized carbons (Fsp3) is 0.462. The summed E-state index contributed by atoms with van der Waals surface area (Å²) in [5, 5.41) is 11.3. The Morgan fingerprint density at radius 3 is 2.30 bits per heavy atom. The third-order valence-electron chi connectivity index (χ3n) is 3.07. The van der Waals surface area contributed by atoms with Crippen LogP contribution in [-0.4, -0.2) is 29.3 Å². The van der Waals surface area contributed by atoms with Crippen molar-refractivity contribution in [3.63, 3.8) is 0 Å². The Morgan fingerprint density at radius 1 is 1.30 bits per heavy atom. The Hall–Kier alpha value is -1.76. The summed E-state index contributed by atoms with van der Waals surface area (Å²) in [4.78, 5) is 11.4. The molecule has 1 atom stereocenters. The molecule has 4 N–H and O–H groups in total. The minimum atomic E-state index is -4.41.